The van der Waals surface area contributed by atoms with E-state index >= 15 is 0 Å². The number of thiophene rings is 1. The van der Waals surface area contributed by atoms with Gasteiger partial charge in [-0.2, -0.15) is 0 Å². The maximum atomic E-state index is 11.9. The normalized spacial score (nSPS) is 11.0. The standard InChI is InChI=1S/C17H15NO3S/c1-2-3-4-7-16(19)21-14-10-8-13(9-11-14)18-17(20)15-6-5-12-22-15/h2-12H,1H3,(H,18,20)/b3-2+,7-4+. The second kappa shape index (κ2) is 7.95. The third-order valence-corrected chi connectivity index (χ3v) is 3.48. The van der Waals surface area contributed by atoms with Gasteiger partial charge in [0.05, 0.1) is 4.88 Å². The van der Waals surface area contributed by atoms with E-state index in [1.54, 1.807) is 42.5 Å². The zero-order valence-corrected chi connectivity index (χ0v) is 12.8. The molecule has 2 aromatic rings. The molecule has 1 aromatic heterocycles. The summed E-state index contributed by atoms with van der Waals surface area (Å²) in [4.78, 5) is 24.0. The van der Waals surface area contributed by atoms with Crippen LogP contribution in [-0.2, 0) is 4.79 Å². The number of benzene rings is 1. The van der Waals surface area contributed by atoms with Crippen molar-refractivity contribution >= 4 is 28.9 Å². The minimum absolute atomic E-state index is 0.158. The summed E-state index contributed by atoms with van der Waals surface area (Å²) in [5, 5.41) is 4.62. The van der Waals surface area contributed by atoms with Crippen molar-refractivity contribution in [2.75, 3.05) is 5.32 Å². The van der Waals surface area contributed by atoms with Gasteiger partial charge in [0.1, 0.15) is 5.75 Å². The highest BCUT2D eigenvalue weighted by Gasteiger charge is 2.07. The van der Waals surface area contributed by atoms with E-state index in [0.29, 0.717) is 16.3 Å². The number of hydrogen-bond donors (Lipinski definition) is 1. The van der Waals surface area contributed by atoms with E-state index in [1.807, 2.05) is 24.4 Å². The number of carbonyl (C=O) groups is 2. The monoisotopic (exact) mass is 313 g/mol. The van der Waals surface area contributed by atoms with Crippen LogP contribution in [-0.4, -0.2) is 11.9 Å². The molecule has 0 saturated carbocycles. The van der Waals surface area contributed by atoms with Crippen LogP contribution in [0.15, 0.2) is 66.1 Å². The van der Waals surface area contributed by atoms with Gasteiger partial charge in [0.25, 0.3) is 5.91 Å². The van der Waals surface area contributed by atoms with E-state index in [1.165, 1.54) is 17.4 Å². The average Bonchev–Trinajstić information content (AvgIpc) is 3.04. The van der Waals surface area contributed by atoms with Crippen LogP contribution in [0.2, 0.25) is 0 Å². The van der Waals surface area contributed by atoms with Gasteiger partial charge in [0, 0.05) is 11.8 Å². The number of ether oxygens (including phenoxy) is 1. The fourth-order valence-electron chi connectivity index (χ4n) is 1.60. The molecule has 0 fully saturated rings. The number of carbonyl (C=O) groups excluding carboxylic acids is 2. The summed E-state index contributed by atoms with van der Waals surface area (Å²) in [5.74, 6) is -0.188. The molecule has 0 aliphatic heterocycles. The zero-order valence-electron chi connectivity index (χ0n) is 12.0. The second-order valence-electron chi connectivity index (χ2n) is 4.26. The van der Waals surface area contributed by atoms with Crippen LogP contribution in [0, 0.1) is 0 Å². The Hall–Kier alpha value is -2.66. The van der Waals surface area contributed by atoms with E-state index in [2.05, 4.69) is 5.32 Å². The Morgan fingerprint density at radius 2 is 1.91 bits per heavy atom. The molecule has 0 spiro atoms. The van der Waals surface area contributed by atoms with Gasteiger partial charge in [-0.05, 0) is 42.6 Å². The highest BCUT2D eigenvalue weighted by atomic mass is 32.1. The highest BCUT2D eigenvalue weighted by molar-refractivity contribution is 7.12. The van der Waals surface area contributed by atoms with Crippen molar-refractivity contribution in [3.05, 3.63) is 71.0 Å². The second-order valence-corrected chi connectivity index (χ2v) is 5.21. The first-order valence-electron chi connectivity index (χ1n) is 6.65. The first-order chi connectivity index (χ1) is 10.7. The molecular weight excluding hydrogens is 298 g/mol. The number of nitrogens with one attached hydrogen (secondary N) is 1. The molecular formula is C17H15NO3S. The van der Waals surface area contributed by atoms with Crippen LogP contribution >= 0.6 is 11.3 Å². The molecule has 0 saturated heterocycles. The van der Waals surface area contributed by atoms with E-state index in [0.717, 1.165) is 0 Å². The third kappa shape index (κ3) is 4.71. The molecule has 5 heteroatoms. The lowest BCUT2D eigenvalue weighted by Crippen LogP contribution is -2.10. The molecule has 0 atom stereocenters. The van der Waals surface area contributed by atoms with E-state index in [9.17, 15) is 9.59 Å². The average molecular weight is 313 g/mol. The Balaban J connectivity index is 1.93. The minimum Gasteiger partial charge on any atom is -0.423 e. The zero-order chi connectivity index (χ0) is 15.8. The molecule has 4 nitrogen and oxygen atoms in total. The number of rotatable bonds is 5. The van der Waals surface area contributed by atoms with Gasteiger partial charge in [-0.1, -0.05) is 24.3 Å². The maximum absolute atomic E-state index is 11.9. The Kier molecular flexibility index (Phi) is 5.68. The number of esters is 1. The summed E-state index contributed by atoms with van der Waals surface area (Å²) in [6.07, 6.45) is 6.50. The first-order valence-corrected chi connectivity index (χ1v) is 7.53. The largest absolute Gasteiger partial charge is 0.423 e. The molecule has 1 amide bonds. The van der Waals surface area contributed by atoms with Crippen LogP contribution in [0.1, 0.15) is 16.6 Å². The fraction of sp³-hybridized carbons (Fsp3) is 0.0588. The van der Waals surface area contributed by atoms with Crippen molar-refractivity contribution in [2.24, 2.45) is 0 Å². The molecule has 0 unspecified atom stereocenters. The Morgan fingerprint density at radius 1 is 1.14 bits per heavy atom. The topological polar surface area (TPSA) is 55.4 Å². The summed E-state index contributed by atoms with van der Waals surface area (Å²) in [6.45, 7) is 1.86. The van der Waals surface area contributed by atoms with Crippen LogP contribution in [0.4, 0.5) is 5.69 Å². The quantitative estimate of drug-likeness (QED) is 0.392. The van der Waals surface area contributed by atoms with Crippen molar-refractivity contribution in [3.63, 3.8) is 0 Å². The van der Waals surface area contributed by atoms with E-state index < -0.39 is 5.97 Å². The molecule has 0 aliphatic carbocycles. The van der Waals surface area contributed by atoms with Gasteiger partial charge < -0.3 is 10.1 Å². The first kappa shape index (κ1) is 15.7. The van der Waals surface area contributed by atoms with Gasteiger partial charge >= 0.3 is 5.97 Å². The smallest absolute Gasteiger partial charge is 0.336 e. The third-order valence-electron chi connectivity index (χ3n) is 2.61. The Bertz CT molecular complexity index is 685. The molecule has 2 rings (SSSR count). The van der Waals surface area contributed by atoms with Gasteiger partial charge in [-0.3, -0.25) is 4.79 Å². The van der Waals surface area contributed by atoms with Gasteiger partial charge in [0.15, 0.2) is 0 Å². The molecule has 112 valence electrons. The molecule has 1 N–H and O–H groups in total. The Morgan fingerprint density at radius 3 is 2.55 bits per heavy atom. The molecule has 0 radical (unpaired) electrons. The lowest BCUT2D eigenvalue weighted by Gasteiger charge is -2.05. The summed E-state index contributed by atoms with van der Waals surface area (Å²) >= 11 is 1.38. The van der Waals surface area contributed by atoms with Gasteiger partial charge in [-0.25, -0.2) is 4.79 Å². The number of hydrogen-bond acceptors (Lipinski definition) is 4. The lowest BCUT2D eigenvalue weighted by atomic mass is 10.3. The van der Waals surface area contributed by atoms with Crippen LogP contribution < -0.4 is 10.1 Å². The van der Waals surface area contributed by atoms with E-state index in [4.69, 9.17) is 4.74 Å². The summed E-state index contributed by atoms with van der Waals surface area (Å²) in [7, 11) is 0. The van der Waals surface area contributed by atoms with Crippen molar-refractivity contribution in [1.82, 2.24) is 0 Å². The molecule has 0 bridgehead atoms. The predicted molar refractivity (Wildman–Crippen MR) is 88.3 cm³/mol. The number of amides is 1. The lowest BCUT2D eigenvalue weighted by molar-refractivity contribution is -0.128. The van der Waals surface area contributed by atoms with Gasteiger partial charge in [-0.15, -0.1) is 11.3 Å². The summed E-state index contributed by atoms with van der Waals surface area (Å²) in [5.41, 5.74) is 0.641. The minimum atomic E-state index is -0.450. The molecule has 1 aromatic carbocycles. The van der Waals surface area contributed by atoms with Gasteiger partial charge in [0.2, 0.25) is 0 Å². The van der Waals surface area contributed by atoms with Crippen molar-refractivity contribution in [3.8, 4) is 5.75 Å². The van der Waals surface area contributed by atoms with E-state index in [-0.39, 0.29) is 5.91 Å². The Labute approximate surface area is 132 Å². The van der Waals surface area contributed by atoms with Crippen LogP contribution in [0.5, 0.6) is 5.75 Å². The molecule has 22 heavy (non-hydrogen) atoms. The molecule has 1 heterocycles. The number of allylic oxidation sites excluding steroid dienone is 3. The predicted octanol–water partition coefficient (Wildman–Crippen LogP) is 4.04. The maximum Gasteiger partial charge on any atom is 0.336 e. The molecule has 0 aliphatic rings. The van der Waals surface area contributed by atoms with Crippen molar-refractivity contribution in [2.45, 2.75) is 6.92 Å². The summed E-state index contributed by atoms with van der Waals surface area (Å²) < 4.78 is 5.12. The van der Waals surface area contributed by atoms with Crippen LogP contribution in [0.25, 0.3) is 0 Å². The SMILES string of the molecule is C/C=C/C=C/C(=O)Oc1ccc(NC(=O)c2cccs2)cc1. The fourth-order valence-corrected chi connectivity index (χ4v) is 2.22. The van der Waals surface area contributed by atoms with Crippen molar-refractivity contribution in [1.29, 1.82) is 0 Å². The number of anilines is 1. The highest BCUT2D eigenvalue weighted by Crippen LogP contribution is 2.18. The van der Waals surface area contributed by atoms with Crippen molar-refractivity contribution < 1.29 is 14.3 Å². The van der Waals surface area contributed by atoms with Crippen LogP contribution in [0.3, 0.4) is 0 Å². The summed E-state index contributed by atoms with van der Waals surface area (Å²) in [6, 6.07) is 10.2.